The van der Waals surface area contributed by atoms with Crippen LogP contribution in [0.2, 0.25) is 0 Å². The lowest BCUT2D eigenvalue weighted by atomic mass is 10.2. The molecule has 0 spiro atoms. The van der Waals surface area contributed by atoms with E-state index in [2.05, 4.69) is 20.5 Å². The van der Waals surface area contributed by atoms with E-state index in [9.17, 15) is 4.79 Å². The predicted molar refractivity (Wildman–Crippen MR) is 54.1 cm³/mol. The second-order valence-corrected chi connectivity index (χ2v) is 3.08. The van der Waals surface area contributed by atoms with E-state index in [-0.39, 0.29) is 24.3 Å². The van der Waals surface area contributed by atoms with Crippen molar-refractivity contribution in [2.24, 2.45) is 0 Å². The molecule has 7 heteroatoms. The zero-order chi connectivity index (χ0) is 11.1. The molecule has 7 nitrogen and oxygen atoms in total. The van der Waals surface area contributed by atoms with Gasteiger partial charge in [-0.3, -0.25) is 9.89 Å². The summed E-state index contributed by atoms with van der Waals surface area (Å²) in [5.41, 5.74) is 5.25. The number of nitrogens with two attached hydrogens (primary N) is 1. The van der Waals surface area contributed by atoms with Crippen molar-refractivity contribution in [3.63, 3.8) is 0 Å². The fourth-order valence-corrected chi connectivity index (χ4v) is 1.08. The molecule has 1 heterocycles. The number of nitrogens with zero attached hydrogens (tertiary/aromatic N) is 2. The Kier molecular flexibility index (Phi) is 4.55. The Morgan fingerprint density at radius 3 is 2.87 bits per heavy atom. The van der Waals surface area contributed by atoms with Gasteiger partial charge >= 0.3 is 0 Å². The molecule has 0 fully saturated rings. The molecular formula is C8H15N5O2. The monoisotopic (exact) mass is 213 g/mol. The van der Waals surface area contributed by atoms with E-state index in [1.54, 1.807) is 0 Å². The van der Waals surface area contributed by atoms with Gasteiger partial charge in [0.1, 0.15) is 0 Å². The summed E-state index contributed by atoms with van der Waals surface area (Å²) < 4.78 is 0. The van der Waals surface area contributed by atoms with Crippen LogP contribution in [0.25, 0.3) is 0 Å². The first-order chi connectivity index (χ1) is 7.24. The van der Waals surface area contributed by atoms with E-state index in [1.165, 1.54) is 0 Å². The summed E-state index contributed by atoms with van der Waals surface area (Å²) in [6.45, 7) is 0.742. The summed E-state index contributed by atoms with van der Waals surface area (Å²) in [7, 11) is 0. The molecule has 84 valence electrons. The maximum atomic E-state index is 11.3. The zero-order valence-corrected chi connectivity index (χ0v) is 8.36. The molecule has 1 amide bonds. The number of H-pyrrole nitrogens is 1. The second kappa shape index (κ2) is 5.97. The number of nitrogens with one attached hydrogen (secondary N) is 2. The number of hydrogen-bond donors (Lipinski definition) is 4. The van der Waals surface area contributed by atoms with Gasteiger partial charge in [0.25, 0.3) is 5.91 Å². The van der Waals surface area contributed by atoms with Crippen molar-refractivity contribution in [1.29, 1.82) is 0 Å². The van der Waals surface area contributed by atoms with Gasteiger partial charge in [-0.15, -0.1) is 5.10 Å². The average Bonchev–Trinajstić information content (AvgIpc) is 2.64. The minimum atomic E-state index is -0.316. The number of nitrogen functional groups attached to an aromatic ring is 1. The molecule has 0 aliphatic rings. The molecule has 0 atom stereocenters. The molecule has 0 saturated heterocycles. The molecule has 5 N–H and O–H groups in total. The fraction of sp³-hybridized carbons (Fsp3) is 0.625. The van der Waals surface area contributed by atoms with Crippen molar-refractivity contribution >= 4 is 11.9 Å². The van der Waals surface area contributed by atoms with Crippen LogP contribution in [0, 0.1) is 0 Å². The molecule has 0 aliphatic heterocycles. The molecule has 1 aromatic heterocycles. The quantitative estimate of drug-likeness (QED) is 0.465. The van der Waals surface area contributed by atoms with Gasteiger partial charge in [-0.2, -0.15) is 4.98 Å². The molecule has 0 aliphatic carbocycles. The Morgan fingerprint density at radius 2 is 2.27 bits per heavy atom. The fourth-order valence-electron chi connectivity index (χ4n) is 1.08. The van der Waals surface area contributed by atoms with Gasteiger partial charge in [0.05, 0.1) is 0 Å². The van der Waals surface area contributed by atoms with Crippen molar-refractivity contribution < 1.29 is 9.90 Å². The van der Waals surface area contributed by atoms with E-state index in [0.29, 0.717) is 6.54 Å². The maximum absolute atomic E-state index is 11.3. The van der Waals surface area contributed by atoms with Crippen LogP contribution in [0.1, 0.15) is 29.9 Å². The summed E-state index contributed by atoms with van der Waals surface area (Å²) in [6.07, 6.45) is 2.47. The number of amides is 1. The summed E-state index contributed by atoms with van der Waals surface area (Å²) in [5, 5.41) is 17.2. The van der Waals surface area contributed by atoms with E-state index in [4.69, 9.17) is 10.8 Å². The highest BCUT2D eigenvalue weighted by molar-refractivity contribution is 5.90. The Hall–Kier alpha value is -1.63. The van der Waals surface area contributed by atoms with Crippen molar-refractivity contribution in [2.45, 2.75) is 19.3 Å². The largest absolute Gasteiger partial charge is 0.396 e. The van der Waals surface area contributed by atoms with Gasteiger partial charge in [0.2, 0.25) is 11.8 Å². The van der Waals surface area contributed by atoms with Crippen LogP contribution < -0.4 is 11.1 Å². The highest BCUT2D eigenvalue weighted by Gasteiger charge is 2.08. The van der Waals surface area contributed by atoms with Gasteiger partial charge in [-0.05, 0) is 19.3 Å². The number of unbranched alkanes of at least 4 members (excludes halogenated alkanes) is 2. The molecule has 15 heavy (non-hydrogen) atoms. The third-order valence-electron chi connectivity index (χ3n) is 1.84. The molecule has 0 radical (unpaired) electrons. The first-order valence-electron chi connectivity index (χ1n) is 4.81. The lowest BCUT2D eigenvalue weighted by Crippen LogP contribution is -2.25. The zero-order valence-electron chi connectivity index (χ0n) is 8.36. The molecule has 0 bridgehead atoms. The highest BCUT2D eigenvalue weighted by Crippen LogP contribution is 1.95. The number of anilines is 1. The van der Waals surface area contributed by atoms with Crippen molar-refractivity contribution in [1.82, 2.24) is 20.5 Å². The topological polar surface area (TPSA) is 117 Å². The van der Waals surface area contributed by atoms with E-state index in [0.717, 1.165) is 19.3 Å². The lowest BCUT2D eigenvalue weighted by Gasteiger charge is -2.01. The highest BCUT2D eigenvalue weighted by atomic mass is 16.2. The molecule has 0 unspecified atom stereocenters. The van der Waals surface area contributed by atoms with Crippen LogP contribution in [0.3, 0.4) is 0 Å². The summed E-state index contributed by atoms with van der Waals surface area (Å²) in [6, 6.07) is 0. The second-order valence-electron chi connectivity index (χ2n) is 3.08. The Morgan fingerprint density at radius 1 is 1.47 bits per heavy atom. The standard InChI is InChI=1S/C8H15N5O2/c9-8-11-6(12-13-8)7(15)10-4-2-1-3-5-14/h14H,1-5H2,(H,10,15)(H3,9,11,12,13). The normalized spacial score (nSPS) is 10.2. The summed E-state index contributed by atoms with van der Waals surface area (Å²) in [5.74, 6) is -0.140. The Balaban J connectivity index is 2.19. The number of hydrogen-bond acceptors (Lipinski definition) is 5. The third kappa shape index (κ3) is 3.94. The van der Waals surface area contributed by atoms with Crippen LogP contribution in [-0.2, 0) is 0 Å². The number of aliphatic hydroxyl groups excluding tert-OH is 1. The Bertz CT molecular complexity index is 312. The van der Waals surface area contributed by atoms with E-state index in [1.807, 2.05) is 0 Å². The summed E-state index contributed by atoms with van der Waals surface area (Å²) >= 11 is 0. The molecule has 1 aromatic rings. The first kappa shape index (κ1) is 11.4. The van der Waals surface area contributed by atoms with Crippen LogP contribution in [-0.4, -0.2) is 39.3 Å². The molecule has 1 rings (SSSR count). The summed E-state index contributed by atoms with van der Waals surface area (Å²) in [4.78, 5) is 15.0. The number of carbonyl (C=O) groups is 1. The van der Waals surface area contributed by atoms with Crippen LogP contribution in [0.15, 0.2) is 0 Å². The van der Waals surface area contributed by atoms with Crippen molar-refractivity contribution in [3.05, 3.63) is 5.82 Å². The van der Waals surface area contributed by atoms with Crippen LogP contribution in [0.5, 0.6) is 0 Å². The van der Waals surface area contributed by atoms with Gasteiger partial charge in [0.15, 0.2) is 0 Å². The van der Waals surface area contributed by atoms with Crippen LogP contribution >= 0.6 is 0 Å². The van der Waals surface area contributed by atoms with Gasteiger partial charge in [0, 0.05) is 13.2 Å². The SMILES string of the molecule is Nc1n[nH]c(C(=O)NCCCCCO)n1. The minimum absolute atomic E-state index is 0.0560. The number of aromatic nitrogens is 3. The number of carbonyl (C=O) groups excluding carboxylic acids is 1. The minimum Gasteiger partial charge on any atom is -0.396 e. The average molecular weight is 213 g/mol. The van der Waals surface area contributed by atoms with Gasteiger partial charge in [-0.25, -0.2) is 0 Å². The number of rotatable bonds is 6. The number of aliphatic hydroxyl groups is 1. The predicted octanol–water partition coefficient (Wildman–Crippen LogP) is -0.721. The smallest absolute Gasteiger partial charge is 0.288 e. The van der Waals surface area contributed by atoms with Crippen LogP contribution in [0.4, 0.5) is 5.95 Å². The van der Waals surface area contributed by atoms with Gasteiger partial charge < -0.3 is 16.2 Å². The Labute approximate surface area is 87.1 Å². The first-order valence-corrected chi connectivity index (χ1v) is 4.81. The number of aromatic amines is 1. The lowest BCUT2D eigenvalue weighted by molar-refractivity contribution is 0.0943. The van der Waals surface area contributed by atoms with Crippen molar-refractivity contribution in [3.8, 4) is 0 Å². The molecule has 0 aromatic carbocycles. The van der Waals surface area contributed by atoms with Crippen molar-refractivity contribution in [2.75, 3.05) is 18.9 Å². The third-order valence-corrected chi connectivity index (χ3v) is 1.84. The molecule has 0 saturated carbocycles. The van der Waals surface area contributed by atoms with E-state index < -0.39 is 0 Å². The van der Waals surface area contributed by atoms with E-state index >= 15 is 0 Å². The maximum Gasteiger partial charge on any atom is 0.288 e. The molecular weight excluding hydrogens is 198 g/mol. The van der Waals surface area contributed by atoms with Gasteiger partial charge in [-0.1, -0.05) is 0 Å².